The molecule has 0 aliphatic rings. The van der Waals surface area contributed by atoms with Crippen molar-refractivity contribution in [2.24, 2.45) is 5.73 Å². The number of halogens is 1. The molecule has 0 aliphatic heterocycles. The van der Waals surface area contributed by atoms with Crippen LogP contribution in [-0.2, 0) is 6.54 Å². The van der Waals surface area contributed by atoms with Gasteiger partial charge >= 0.3 is 0 Å². The molecule has 0 bridgehead atoms. The van der Waals surface area contributed by atoms with Crippen molar-refractivity contribution in [2.75, 3.05) is 11.1 Å². The first-order valence-electron chi connectivity index (χ1n) is 5.21. The summed E-state index contributed by atoms with van der Waals surface area (Å²) in [7, 11) is 0. The van der Waals surface area contributed by atoms with Crippen LogP contribution in [0.15, 0.2) is 29.0 Å². The fraction of sp³-hybridized carbons (Fsp3) is 0.0833. The highest BCUT2D eigenvalue weighted by Gasteiger charge is 2.11. The van der Waals surface area contributed by atoms with E-state index in [1.54, 1.807) is 11.3 Å². The molecule has 0 radical (unpaired) electrons. The summed E-state index contributed by atoms with van der Waals surface area (Å²) in [6.07, 6.45) is 0. The third kappa shape index (κ3) is 2.60. The topological polar surface area (TPSA) is 81.1 Å². The van der Waals surface area contributed by atoms with Gasteiger partial charge in [0.25, 0.3) is 5.91 Å². The summed E-state index contributed by atoms with van der Waals surface area (Å²) >= 11 is 1.56. The molecule has 94 valence electrons. The Balaban J connectivity index is 2.22. The Morgan fingerprint density at radius 3 is 2.83 bits per heavy atom. The smallest absolute Gasteiger partial charge is 0.250 e. The van der Waals surface area contributed by atoms with Gasteiger partial charge in [-0.3, -0.25) is 4.79 Å². The number of carbonyl (C=O) groups is 1. The molecule has 0 saturated heterocycles. The number of benzene rings is 1. The Labute approximate surface area is 107 Å². The van der Waals surface area contributed by atoms with Crippen LogP contribution in [0.25, 0.3) is 0 Å². The molecule has 0 spiro atoms. The highest BCUT2D eigenvalue weighted by atomic mass is 32.1. The van der Waals surface area contributed by atoms with Crippen LogP contribution in [0.4, 0.5) is 15.8 Å². The van der Waals surface area contributed by atoms with Gasteiger partial charge in [0.05, 0.1) is 11.3 Å². The first-order chi connectivity index (χ1) is 8.58. The monoisotopic (exact) mass is 265 g/mol. The van der Waals surface area contributed by atoms with Gasteiger partial charge in [0, 0.05) is 12.2 Å². The van der Waals surface area contributed by atoms with Crippen molar-refractivity contribution >= 4 is 28.6 Å². The third-order valence-corrected chi connectivity index (χ3v) is 3.20. The largest absolute Gasteiger partial charge is 0.398 e. The lowest BCUT2D eigenvalue weighted by Crippen LogP contribution is -2.14. The van der Waals surface area contributed by atoms with E-state index >= 15 is 0 Å². The maximum absolute atomic E-state index is 13.6. The van der Waals surface area contributed by atoms with Crippen molar-refractivity contribution in [1.82, 2.24) is 0 Å². The molecule has 0 unspecified atom stereocenters. The van der Waals surface area contributed by atoms with Crippen LogP contribution in [0.3, 0.4) is 0 Å². The van der Waals surface area contributed by atoms with E-state index < -0.39 is 11.7 Å². The van der Waals surface area contributed by atoms with E-state index in [1.165, 1.54) is 6.07 Å². The zero-order chi connectivity index (χ0) is 13.1. The summed E-state index contributed by atoms with van der Waals surface area (Å²) in [5.41, 5.74) is 12.1. The first-order valence-corrected chi connectivity index (χ1v) is 6.16. The van der Waals surface area contributed by atoms with Crippen LogP contribution in [0.2, 0.25) is 0 Å². The predicted octanol–water partition coefficient (Wildman–Crippen LogP) is 2.18. The number of rotatable bonds is 4. The number of hydrogen-bond acceptors (Lipinski definition) is 4. The van der Waals surface area contributed by atoms with Gasteiger partial charge < -0.3 is 16.8 Å². The zero-order valence-corrected chi connectivity index (χ0v) is 10.3. The molecule has 0 saturated carbocycles. The van der Waals surface area contributed by atoms with Crippen LogP contribution in [-0.4, -0.2) is 5.91 Å². The minimum atomic E-state index is -0.675. The number of hydrogen-bond donors (Lipinski definition) is 3. The second-order valence-corrected chi connectivity index (χ2v) is 4.55. The van der Waals surface area contributed by atoms with Crippen molar-refractivity contribution in [3.05, 3.63) is 45.9 Å². The van der Waals surface area contributed by atoms with Gasteiger partial charge in [-0.1, -0.05) is 0 Å². The van der Waals surface area contributed by atoms with Crippen molar-refractivity contribution in [3.8, 4) is 0 Å². The van der Waals surface area contributed by atoms with E-state index in [9.17, 15) is 9.18 Å². The number of anilines is 2. The lowest BCUT2D eigenvalue weighted by atomic mass is 10.1. The molecule has 4 nitrogen and oxygen atoms in total. The molecule has 0 aliphatic carbocycles. The summed E-state index contributed by atoms with van der Waals surface area (Å²) < 4.78 is 13.6. The normalized spacial score (nSPS) is 10.3. The van der Waals surface area contributed by atoms with Gasteiger partial charge in [0.1, 0.15) is 5.82 Å². The molecule has 1 heterocycles. The first kappa shape index (κ1) is 12.4. The van der Waals surface area contributed by atoms with Gasteiger partial charge in [-0.15, -0.1) is 0 Å². The number of primary amides is 1. The van der Waals surface area contributed by atoms with Crippen molar-refractivity contribution in [2.45, 2.75) is 6.54 Å². The average molecular weight is 265 g/mol. The number of nitrogen functional groups attached to an aromatic ring is 1. The molecule has 0 atom stereocenters. The molecule has 5 N–H and O–H groups in total. The van der Waals surface area contributed by atoms with Gasteiger partial charge in [-0.2, -0.15) is 11.3 Å². The number of carbonyl (C=O) groups excluding carboxylic acids is 1. The third-order valence-electron chi connectivity index (χ3n) is 2.47. The Morgan fingerprint density at radius 2 is 2.22 bits per heavy atom. The average Bonchev–Trinajstić information content (AvgIpc) is 2.80. The molecule has 0 fully saturated rings. The van der Waals surface area contributed by atoms with E-state index in [1.807, 2.05) is 16.8 Å². The lowest BCUT2D eigenvalue weighted by molar-refractivity contribution is 0.100. The zero-order valence-electron chi connectivity index (χ0n) is 9.44. The Hall–Kier alpha value is -2.08. The Bertz CT molecular complexity index is 569. The molecule has 2 rings (SSSR count). The SMILES string of the molecule is NC(=O)c1cc(NCc2ccsc2)c(F)cc1N. The Kier molecular flexibility index (Phi) is 3.47. The summed E-state index contributed by atoms with van der Waals surface area (Å²) in [5.74, 6) is -1.18. The van der Waals surface area contributed by atoms with E-state index in [0.717, 1.165) is 11.6 Å². The minimum absolute atomic E-state index is 0.0427. The fourth-order valence-electron chi connectivity index (χ4n) is 1.53. The predicted molar refractivity (Wildman–Crippen MR) is 71.0 cm³/mol. The van der Waals surface area contributed by atoms with E-state index in [2.05, 4.69) is 5.32 Å². The van der Waals surface area contributed by atoms with Crippen LogP contribution in [0.1, 0.15) is 15.9 Å². The van der Waals surface area contributed by atoms with E-state index in [-0.39, 0.29) is 16.9 Å². The number of amides is 1. The van der Waals surface area contributed by atoms with Gasteiger partial charge in [-0.05, 0) is 34.5 Å². The summed E-state index contributed by atoms with van der Waals surface area (Å²) in [4.78, 5) is 11.1. The van der Waals surface area contributed by atoms with Gasteiger partial charge in [0.15, 0.2) is 0 Å². The fourth-order valence-corrected chi connectivity index (χ4v) is 2.20. The van der Waals surface area contributed by atoms with Crippen LogP contribution >= 0.6 is 11.3 Å². The molecule has 2 aromatic rings. The molecule has 1 aromatic carbocycles. The van der Waals surface area contributed by atoms with E-state index in [0.29, 0.717) is 6.54 Å². The maximum Gasteiger partial charge on any atom is 0.250 e. The maximum atomic E-state index is 13.6. The molecule has 1 amide bonds. The van der Waals surface area contributed by atoms with Crippen molar-refractivity contribution < 1.29 is 9.18 Å². The van der Waals surface area contributed by atoms with Gasteiger partial charge in [0.2, 0.25) is 0 Å². The second kappa shape index (κ2) is 5.05. The van der Waals surface area contributed by atoms with Crippen molar-refractivity contribution in [1.29, 1.82) is 0 Å². The van der Waals surface area contributed by atoms with E-state index in [4.69, 9.17) is 11.5 Å². The van der Waals surface area contributed by atoms with Crippen LogP contribution < -0.4 is 16.8 Å². The summed E-state index contributed by atoms with van der Waals surface area (Å²) in [6.45, 7) is 0.475. The van der Waals surface area contributed by atoms with Crippen molar-refractivity contribution in [3.63, 3.8) is 0 Å². The minimum Gasteiger partial charge on any atom is -0.398 e. The highest BCUT2D eigenvalue weighted by Crippen LogP contribution is 2.22. The number of nitrogens with two attached hydrogens (primary N) is 2. The molecule has 1 aromatic heterocycles. The highest BCUT2D eigenvalue weighted by molar-refractivity contribution is 7.07. The standard InChI is InChI=1S/C12H12FN3OS/c13-9-4-10(14)8(12(15)17)3-11(9)16-5-7-1-2-18-6-7/h1-4,6,16H,5,14H2,(H2,15,17). The molecular formula is C12H12FN3OS. The van der Waals surface area contributed by atoms with Gasteiger partial charge in [-0.25, -0.2) is 4.39 Å². The quantitative estimate of drug-likeness (QED) is 0.741. The van der Waals surface area contributed by atoms with Crippen LogP contribution in [0, 0.1) is 5.82 Å². The second-order valence-electron chi connectivity index (χ2n) is 3.77. The molecule has 18 heavy (non-hydrogen) atoms. The molecular weight excluding hydrogens is 253 g/mol. The number of thiophene rings is 1. The lowest BCUT2D eigenvalue weighted by Gasteiger charge is -2.09. The Morgan fingerprint density at radius 1 is 1.44 bits per heavy atom. The molecule has 6 heteroatoms. The summed E-state index contributed by atoms with van der Waals surface area (Å²) in [5, 5.41) is 6.80. The number of nitrogens with one attached hydrogen (secondary N) is 1. The summed E-state index contributed by atoms with van der Waals surface area (Å²) in [6, 6.07) is 4.36. The van der Waals surface area contributed by atoms with Crippen LogP contribution in [0.5, 0.6) is 0 Å².